The fourth-order valence-corrected chi connectivity index (χ4v) is 2.84. The van der Waals surface area contributed by atoms with E-state index in [0.29, 0.717) is 0 Å². The van der Waals surface area contributed by atoms with Crippen LogP contribution in [-0.4, -0.2) is 24.0 Å². The summed E-state index contributed by atoms with van der Waals surface area (Å²) in [5, 5.41) is 0. The van der Waals surface area contributed by atoms with Gasteiger partial charge >= 0.3 is 0 Å². The summed E-state index contributed by atoms with van der Waals surface area (Å²) in [6.07, 6.45) is 6.23. The summed E-state index contributed by atoms with van der Waals surface area (Å²) in [6, 6.07) is 4.07. The molecule has 0 amide bonds. The van der Waals surface area contributed by atoms with Gasteiger partial charge in [-0.1, -0.05) is 19.3 Å². The van der Waals surface area contributed by atoms with E-state index in [1.165, 1.54) is 19.3 Å². The smallest absolute Gasteiger partial charge is 0.118 e. The molecule has 2 N–H and O–H groups in total. The van der Waals surface area contributed by atoms with Gasteiger partial charge in [-0.2, -0.15) is 0 Å². The zero-order valence-electron chi connectivity index (χ0n) is 11.0. The molecular weight excluding hydrogens is 212 g/mol. The van der Waals surface area contributed by atoms with Crippen LogP contribution in [0.2, 0.25) is 0 Å². The third kappa shape index (κ3) is 3.58. The molecule has 1 heterocycles. The molecule has 1 aliphatic carbocycles. The lowest BCUT2D eigenvalue weighted by atomic mass is 9.82. The number of hydrogen-bond acceptors (Lipinski definition) is 3. The molecule has 17 heavy (non-hydrogen) atoms. The standard InChI is InChI=1S/C14H24N2O/c1-12-6-7-13(17-12)10-16(2)11-14(15)8-4-3-5-9-14/h6-7H,3-5,8-11,15H2,1-2H3. The van der Waals surface area contributed by atoms with Crippen molar-refractivity contribution in [3.05, 3.63) is 23.7 Å². The highest BCUT2D eigenvalue weighted by atomic mass is 16.3. The molecule has 1 aromatic heterocycles. The first kappa shape index (κ1) is 12.7. The summed E-state index contributed by atoms with van der Waals surface area (Å²) in [5.41, 5.74) is 6.47. The van der Waals surface area contributed by atoms with E-state index in [2.05, 4.69) is 18.0 Å². The molecule has 1 fully saturated rings. The average Bonchev–Trinajstić information content (AvgIpc) is 2.63. The summed E-state index contributed by atoms with van der Waals surface area (Å²) in [7, 11) is 2.13. The largest absolute Gasteiger partial charge is 0.465 e. The molecule has 0 bridgehead atoms. The quantitative estimate of drug-likeness (QED) is 0.874. The van der Waals surface area contributed by atoms with Crippen LogP contribution in [0.15, 0.2) is 16.5 Å². The lowest BCUT2D eigenvalue weighted by Crippen LogP contribution is -2.50. The lowest BCUT2D eigenvalue weighted by Gasteiger charge is -2.36. The van der Waals surface area contributed by atoms with Gasteiger partial charge in [0.1, 0.15) is 11.5 Å². The molecule has 0 spiro atoms. The van der Waals surface area contributed by atoms with Crippen molar-refractivity contribution in [2.24, 2.45) is 5.73 Å². The highest BCUT2D eigenvalue weighted by Crippen LogP contribution is 2.26. The number of nitrogens with two attached hydrogens (primary N) is 1. The normalized spacial score (nSPS) is 19.8. The van der Waals surface area contributed by atoms with Gasteiger partial charge in [-0.3, -0.25) is 4.90 Å². The minimum Gasteiger partial charge on any atom is -0.465 e. The topological polar surface area (TPSA) is 42.4 Å². The summed E-state index contributed by atoms with van der Waals surface area (Å²) >= 11 is 0. The van der Waals surface area contributed by atoms with Gasteiger partial charge in [0.05, 0.1) is 6.54 Å². The molecule has 0 unspecified atom stereocenters. The Balaban J connectivity index is 1.85. The van der Waals surface area contributed by atoms with Crippen LogP contribution in [0.5, 0.6) is 0 Å². The van der Waals surface area contributed by atoms with Gasteiger partial charge in [-0.05, 0) is 38.9 Å². The second-order valence-corrected chi connectivity index (χ2v) is 5.61. The van der Waals surface area contributed by atoms with Crippen LogP contribution in [0.25, 0.3) is 0 Å². The van der Waals surface area contributed by atoms with E-state index < -0.39 is 0 Å². The van der Waals surface area contributed by atoms with Crippen molar-refractivity contribution in [3.8, 4) is 0 Å². The highest BCUT2D eigenvalue weighted by molar-refractivity contribution is 5.05. The predicted molar refractivity (Wildman–Crippen MR) is 69.8 cm³/mol. The number of aryl methyl sites for hydroxylation is 1. The maximum Gasteiger partial charge on any atom is 0.118 e. The van der Waals surface area contributed by atoms with Gasteiger partial charge in [0.25, 0.3) is 0 Å². The van der Waals surface area contributed by atoms with E-state index in [9.17, 15) is 0 Å². The number of furan rings is 1. The predicted octanol–water partition coefficient (Wildman–Crippen LogP) is 2.68. The summed E-state index contributed by atoms with van der Waals surface area (Å²) in [5.74, 6) is 2.01. The minimum atomic E-state index is 0.0225. The van der Waals surface area contributed by atoms with Crippen LogP contribution in [0.4, 0.5) is 0 Å². The van der Waals surface area contributed by atoms with Gasteiger partial charge in [-0.25, -0.2) is 0 Å². The molecule has 0 aliphatic heterocycles. The zero-order valence-corrected chi connectivity index (χ0v) is 11.0. The van der Waals surface area contributed by atoms with Crippen molar-refractivity contribution in [1.29, 1.82) is 0 Å². The van der Waals surface area contributed by atoms with Crippen LogP contribution in [0.1, 0.15) is 43.6 Å². The van der Waals surface area contributed by atoms with E-state index in [0.717, 1.165) is 37.5 Å². The fourth-order valence-electron chi connectivity index (χ4n) is 2.84. The summed E-state index contributed by atoms with van der Waals surface area (Å²) < 4.78 is 5.59. The maximum atomic E-state index is 6.45. The molecule has 0 aromatic carbocycles. The molecule has 3 nitrogen and oxygen atoms in total. The molecular formula is C14H24N2O. The Bertz CT molecular complexity index is 353. The van der Waals surface area contributed by atoms with E-state index in [1.807, 2.05) is 13.0 Å². The lowest BCUT2D eigenvalue weighted by molar-refractivity contribution is 0.184. The Morgan fingerprint density at radius 2 is 2.00 bits per heavy atom. The molecule has 0 atom stereocenters. The van der Waals surface area contributed by atoms with Crippen molar-refractivity contribution in [2.75, 3.05) is 13.6 Å². The van der Waals surface area contributed by atoms with Crippen molar-refractivity contribution in [3.63, 3.8) is 0 Å². The van der Waals surface area contributed by atoms with Crippen LogP contribution in [0.3, 0.4) is 0 Å². The molecule has 3 heteroatoms. The van der Waals surface area contributed by atoms with Crippen LogP contribution in [-0.2, 0) is 6.54 Å². The Hall–Kier alpha value is -0.800. The zero-order chi connectivity index (χ0) is 12.3. The Labute approximate surface area is 104 Å². The van der Waals surface area contributed by atoms with Crippen molar-refractivity contribution in [2.45, 2.75) is 51.1 Å². The highest BCUT2D eigenvalue weighted by Gasteiger charge is 2.28. The fraction of sp³-hybridized carbons (Fsp3) is 0.714. The summed E-state index contributed by atoms with van der Waals surface area (Å²) in [6.45, 7) is 3.80. The van der Waals surface area contributed by atoms with Crippen LogP contribution < -0.4 is 5.73 Å². The molecule has 1 aliphatic rings. The van der Waals surface area contributed by atoms with Crippen molar-refractivity contribution < 1.29 is 4.42 Å². The average molecular weight is 236 g/mol. The Morgan fingerprint density at radius 1 is 1.29 bits per heavy atom. The number of rotatable bonds is 4. The van der Waals surface area contributed by atoms with Gasteiger partial charge in [0, 0.05) is 12.1 Å². The molecule has 0 saturated heterocycles. The molecule has 96 valence electrons. The Morgan fingerprint density at radius 3 is 2.59 bits per heavy atom. The second-order valence-electron chi connectivity index (χ2n) is 5.61. The van der Waals surface area contributed by atoms with E-state index in [1.54, 1.807) is 0 Å². The first-order valence-corrected chi connectivity index (χ1v) is 6.60. The maximum absolute atomic E-state index is 6.45. The number of likely N-dealkylation sites (N-methyl/N-ethyl adjacent to an activating group) is 1. The molecule has 2 rings (SSSR count). The number of nitrogens with zero attached hydrogens (tertiary/aromatic N) is 1. The van der Waals surface area contributed by atoms with E-state index >= 15 is 0 Å². The molecule has 1 aromatic rings. The van der Waals surface area contributed by atoms with Crippen molar-refractivity contribution in [1.82, 2.24) is 4.90 Å². The van der Waals surface area contributed by atoms with Crippen LogP contribution >= 0.6 is 0 Å². The summed E-state index contributed by atoms with van der Waals surface area (Å²) in [4.78, 5) is 2.28. The van der Waals surface area contributed by atoms with E-state index in [4.69, 9.17) is 10.2 Å². The minimum absolute atomic E-state index is 0.0225. The van der Waals surface area contributed by atoms with Gasteiger partial charge in [0.2, 0.25) is 0 Å². The monoisotopic (exact) mass is 236 g/mol. The second kappa shape index (κ2) is 5.23. The first-order valence-electron chi connectivity index (χ1n) is 6.60. The van der Waals surface area contributed by atoms with Crippen molar-refractivity contribution >= 4 is 0 Å². The number of hydrogen-bond donors (Lipinski definition) is 1. The first-order chi connectivity index (χ1) is 8.07. The van der Waals surface area contributed by atoms with E-state index in [-0.39, 0.29) is 5.54 Å². The van der Waals surface area contributed by atoms with Gasteiger partial charge < -0.3 is 10.2 Å². The third-order valence-corrected chi connectivity index (χ3v) is 3.66. The molecule has 0 radical (unpaired) electrons. The Kier molecular flexibility index (Phi) is 3.89. The molecule has 1 saturated carbocycles. The third-order valence-electron chi connectivity index (χ3n) is 3.66. The van der Waals surface area contributed by atoms with Gasteiger partial charge in [0.15, 0.2) is 0 Å². The van der Waals surface area contributed by atoms with Gasteiger partial charge in [-0.15, -0.1) is 0 Å². The van der Waals surface area contributed by atoms with Crippen LogP contribution in [0, 0.1) is 6.92 Å². The SMILES string of the molecule is Cc1ccc(CN(C)CC2(N)CCCCC2)o1.